The van der Waals surface area contributed by atoms with Crippen LogP contribution in [0.1, 0.15) is 27.2 Å². The van der Waals surface area contributed by atoms with E-state index in [-0.39, 0.29) is 18.0 Å². The lowest BCUT2D eigenvalue weighted by atomic mass is 10.1. The van der Waals surface area contributed by atoms with E-state index < -0.39 is 0 Å². The summed E-state index contributed by atoms with van der Waals surface area (Å²) in [5, 5.41) is 6.73. The summed E-state index contributed by atoms with van der Waals surface area (Å²) in [5.41, 5.74) is 2.41. The van der Waals surface area contributed by atoms with Gasteiger partial charge in [-0.15, -0.1) is 0 Å². The molecule has 3 rings (SSSR count). The van der Waals surface area contributed by atoms with Crippen LogP contribution in [0.3, 0.4) is 0 Å². The second-order valence-electron chi connectivity index (χ2n) is 5.37. The van der Waals surface area contributed by atoms with Crippen LogP contribution in [0.4, 0.5) is 0 Å². The van der Waals surface area contributed by atoms with Gasteiger partial charge >= 0.3 is 0 Å². The van der Waals surface area contributed by atoms with Crippen molar-refractivity contribution in [1.82, 2.24) is 30.0 Å². The quantitative estimate of drug-likeness (QED) is 0.741. The molecular weight excluding hydrogens is 308 g/mol. The number of aryl methyl sites for hydroxylation is 2. The summed E-state index contributed by atoms with van der Waals surface area (Å²) in [4.78, 5) is 35.0. The van der Waals surface area contributed by atoms with Crippen LogP contribution in [0.15, 0.2) is 41.8 Å². The van der Waals surface area contributed by atoms with E-state index in [1.807, 2.05) is 19.9 Å². The van der Waals surface area contributed by atoms with Gasteiger partial charge in [0.2, 0.25) is 0 Å². The van der Waals surface area contributed by atoms with Gasteiger partial charge in [-0.3, -0.25) is 9.59 Å². The highest BCUT2D eigenvalue weighted by atomic mass is 16.1. The van der Waals surface area contributed by atoms with Crippen LogP contribution in [-0.2, 0) is 6.54 Å². The van der Waals surface area contributed by atoms with Crippen LogP contribution >= 0.6 is 0 Å². The molecule has 0 radical (unpaired) electrons. The maximum Gasteiger partial charge on any atom is 0.253 e. The number of pyridine rings is 2. The number of carbonyl (C=O) groups excluding carboxylic acids is 1. The standard InChI is InChI=1S/C16H16N6O2/c1-10-5-11(2)21-16(24)13(10)7-19-15(23)12-3-4-18-14(6-12)22-9-17-8-20-22/h3-6,8-9H,7H2,1-2H3,(H,19,23)(H,21,24). The highest BCUT2D eigenvalue weighted by Gasteiger charge is 2.11. The molecule has 0 unspecified atom stereocenters. The Morgan fingerprint density at radius 1 is 1.33 bits per heavy atom. The molecule has 0 aliphatic heterocycles. The van der Waals surface area contributed by atoms with E-state index in [0.29, 0.717) is 16.9 Å². The maximum atomic E-state index is 12.3. The average Bonchev–Trinajstić information content (AvgIpc) is 3.08. The van der Waals surface area contributed by atoms with Gasteiger partial charge in [-0.2, -0.15) is 5.10 Å². The third kappa shape index (κ3) is 3.22. The lowest BCUT2D eigenvalue weighted by molar-refractivity contribution is 0.0950. The van der Waals surface area contributed by atoms with E-state index in [1.165, 1.54) is 23.5 Å². The number of carbonyl (C=O) groups is 1. The van der Waals surface area contributed by atoms with Crippen LogP contribution in [0.25, 0.3) is 5.82 Å². The Bertz CT molecular complexity index is 930. The molecule has 2 N–H and O–H groups in total. The number of aromatic nitrogens is 5. The van der Waals surface area contributed by atoms with Crippen molar-refractivity contribution in [3.8, 4) is 5.82 Å². The van der Waals surface area contributed by atoms with Crippen LogP contribution in [0.5, 0.6) is 0 Å². The Hall–Kier alpha value is -3.29. The van der Waals surface area contributed by atoms with E-state index in [0.717, 1.165) is 11.3 Å². The fourth-order valence-electron chi connectivity index (χ4n) is 2.38. The monoisotopic (exact) mass is 324 g/mol. The minimum absolute atomic E-state index is 0.154. The molecule has 8 heteroatoms. The Labute approximate surface area is 137 Å². The van der Waals surface area contributed by atoms with Gasteiger partial charge in [-0.25, -0.2) is 14.6 Å². The first kappa shape index (κ1) is 15.6. The van der Waals surface area contributed by atoms with E-state index in [1.54, 1.807) is 12.1 Å². The van der Waals surface area contributed by atoms with Gasteiger partial charge in [-0.1, -0.05) is 0 Å². The molecule has 3 aromatic rings. The van der Waals surface area contributed by atoms with E-state index in [2.05, 4.69) is 25.4 Å². The Morgan fingerprint density at radius 2 is 2.17 bits per heavy atom. The molecule has 1 amide bonds. The predicted molar refractivity (Wildman–Crippen MR) is 86.9 cm³/mol. The molecule has 0 bridgehead atoms. The zero-order valence-corrected chi connectivity index (χ0v) is 13.3. The fraction of sp³-hybridized carbons (Fsp3) is 0.188. The highest BCUT2D eigenvalue weighted by molar-refractivity contribution is 5.94. The number of nitrogens with zero attached hydrogens (tertiary/aromatic N) is 4. The van der Waals surface area contributed by atoms with Gasteiger partial charge in [0, 0.05) is 29.6 Å². The Kier molecular flexibility index (Phi) is 4.19. The van der Waals surface area contributed by atoms with Crippen LogP contribution in [0, 0.1) is 13.8 Å². The fourth-order valence-corrected chi connectivity index (χ4v) is 2.38. The number of nitrogens with one attached hydrogen (secondary N) is 2. The van der Waals surface area contributed by atoms with Crippen LogP contribution in [-0.4, -0.2) is 30.6 Å². The van der Waals surface area contributed by atoms with E-state index in [9.17, 15) is 9.59 Å². The normalized spacial score (nSPS) is 10.6. The zero-order valence-electron chi connectivity index (χ0n) is 13.3. The number of aromatic amines is 1. The first-order valence-electron chi connectivity index (χ1n) is 7.33. The van der Waals surface area contributed by atoms with Crippen molar-refractivity contribution in [2.24, 2.45) is 0 Å². The number of hydrogen-bond donors (Lipinski definition) is 2. The van der Waals surface area contributed by atoms with Gasteiger partial charge in [0.15, 0.2) is 5.82 Å². The van der Waals surface area contributed by atoms with E-state index in [4.69, 9.17) is 0 Å². The first-order valence-corrected chi connectivity index (χ1v) is 7.33. The third-order valence-corrected chi connectivity index (χ3v) is 3.58. The van der Waals surface area contributed by atoms with Crippen molar-refractivity contribution in [2.75, 3.05) is 0 Å². The second-order valence-corrected chi connectivity index (χ2v) is 5.37. The van der Waals surface area contributed by atoms with Crippen molar-refractivity contribution in [3.63, 3.8) is 0 Å². The Morgan fingerprint density at radius 3 is 2.88 bits per heavy atom. The van der Waals surface area contributed by atoms with Crippen LogP contribution < -0.4 is 10.9 Å². The second kappa shape index (κ2) is 6.45. The van der Waals surface area contributed by atoms with Gasteiger partial charge in [0.25, 0.3) is 11.5 Å². The molecule has 24 heavy (non-hydrogen) atoms. The van der Waals surface area contributed by atoms with Gasteiger partial charge in [-0.05, 0) is 37.6 Å². The number of hydrogen-bond acceptors (Lipinski definition) is 5. The van der Waals surface area contributed by atoms with E-state index >= 15 is 0 Å². The zero-order chi connectivity index (χ0) is 17.1. The molecule has 3 aromatic heterocycles. The third-order valence-electron chi connectivity index (χ3n) is 3.58. The molecule has 0 saturated carbocycles. The van der Waals surface area contributed by atoms with Gasteiger partial charge < -0.3 is 10.3 Å². The summed E-state index contributed by atoms with van der Waals surface area (Å²) in [6.07, 6.45) is 4.41. The molecule has 0 spiro atoms. The highest BCUT2D eigenvalue weighted by Crippen LogP contribution is 2.07. The average molecular weight is 324 g/mol. The summed E-state index contributed by atoms with van der Waals surface area (Å²) < 4.78 is 1.46. The summed E-state index contributed by atoms with van der Waals surface area (Å²) in [5.74, 6) is 0.197. The van der Waals surface area contributed by atoms with Crippen molar-refractivity contribution in [3.05, 3.63) is 69.8 Å². The van der Waals surface area contributed by atoms with Crippen molar-refractivity contribution in [1.29, 1.82) is 0 Å². The topological polar surface area (TPSA) is 106 Å². The molecule has 0 saturated heterocycles. The SMILES string of the molecule is Cc1cc(C)c(CNC(=O)c2ccnc(-n3cncn3)c2)c(=O)[nH]1. The minimum Gasteiger partial charge on any atom is -0.348 e. The first-order chi connectivity index (χ1) is 11.5. The molecule has 0 atom stereocenters. The molecule has 0 aliphatic rings. The largest absolute Gasteiger partial charge is 0.348 e. The summed E-state index contributed by atoms with van der Waals surface area (Å²) in [7, 11) is 0. The predicted octanol–water partition coefficient (Wildman–Crippen LogP) is 0.897. The molecule has 3 heterocycles. The molecule has 122 valence electrons. The smallest absolute Gasteiger partial charge is 0.253 e. The minimum atomic E-state index is -0.293. The van der Waals surface area contributed by atoms with Crippen LogP contribution in [0.2, 0.25) is 0 Å². The number of amides is 1. The van der Waals surface area contributed by atoms with Crippen molar-refractivity contribution < 1.29 is 4.79 Å². The lowest BCUT2D eigenvalue weighted by Crippen LogP contribution is -2.28. The van der Waals surface area contributed by atoms with Gasteiger partial charge in [0.05, 0.1) is 0 Å². The molecule has 8 nitrogen and oxygen atoms in total. The lowest BCUT2D eigenvalue weighted by Gasteiger charge is -2.09. The number of rotatable bonds is 4. The molecule has 0 aromatic carbocycles. The number of H-pyrrole nitrogens is 1. The summed E-state index contributed by atoms with van der Waals surface area (Å²) in [6, 6.07) is 5.08. The van der Waals surface area contributed by atoms with Crippen molar-refractivity contribution in [2.45, 2.75) is 20.4 Å². The maximum absolute atomic E-state index is 12.3. The summed E-state index contributed by atoms with van der Waals surface area (Å²) in [6.45, 7) is 3.82. The molecule has 0 aliphatic carbocycles. The molecular formula is C16H16N6O2. The summed E-state index contributed by atoms with van der Waals surface area (Å²) >= 11 is 0. The van der Waals surface area contributed by atoms with Crippen molar-refractivity contribution >= 4 is 5.91 Å². The Balaban J connectivity index is 1.77. The molecule has 0 fully saturated rings. The van der Waals surface area contributed by atoms with Gasteiger partial charge in [0.1, 0.15) is 12.7 Å².